The molecule has 0 atom stereocenters. The number of carbonyl (C=O) groups excluding carboxylic acids is 1. The molecule has 28 heavy (non-hydrogen) atoms. The first-order valence-corrected chi connectivity index (χ1v) is 10.0. The molecule has 1 aliphatic rings. The first kappa shape index (κ1) is 18.5. The molecule has 1 saturated heterocycles. The van der Waals surface area contributed by atoms with Crippen LogP contribution in [-0.2, 0) is 6.54 Å². The van der Waals surface area contributed by atoms with Crippen LogP contribution in [0.15, 0.2) is 42.7 Å². The van der Waals surface area contributed by atoms with E-state index in [0.29, 0.717) is 5.92 Å². The zero-order valence-corrected chi connectivity index (χ0v) is 16.9. The van der Waals surface area contributed by atoms with Gasteiger partial charge in [0.1, 0.15) is 0 Å². The summed E-state index contributed by atoms with van der Waals surface area (Å²) in [7, 11) is 0. The normalized spacial score (nSPS) is 15.2. The maximum absolute atomic E-state index is 12.5. The van der Waals surface area contributed by atoms with E-state index in [9.17, 15) is 4.79 Å². The Balaban J connectivity index is 1.35. The first-order chi connectivity index (χ1) is 13.5. The van der Waals surface area contributed by atoms with Crippen LogP contribution in [-0.4, -0.2) is 33.6 Å². The van der Waals surface area contributed by atoms with Crippen LogP contribution in [0.3, 0.4) is 0 Å². The van der Waals surface area contributed by atoms with E-state index in [4.69, 9.17) is 0 Å². The van der Waals surface area contributed by atoms with Crippen molar-refractivity contribution in [2.75, 3.05) is 18.4 Å². The number of aryl methyl sites for hydroxylation is 3. The molecule has 2 aromatic carbocycles. The van der Waals surface area contributed by atoms with Crippen molar-refractivity contribution in [1.29, 1.82) is 0 Å². The lowest BCUT2D eigenvalue weighted by Crippen LogP contribution is -2.41. The van der Waals surface area contributed by atoms with Crippen molar-refractivity contribution >= 4 is 22.8 Å². The van der Waals surface area contributed by atoms with Crippen molar-refractivity contribution in [1.82, 2.24) is 14.5 Å². The maximum atomic E-state index is 12.5. The average molecular weight is 377 g/mol. The van der Waals surface area contributed by atoms with E-state index in [1.54, 1.807) is 0 Å². The Morgan fingerprint density at radius 3 is 2.61 bits per heavy atom. The summed E-state index contributed by atoms with van der Waals surface area (Å²) in [4.78, 5) is 19.0. The second-order valence-electron chi connectivity index (χ2n) is 8.05. The molecule has 1 N–H and O–H groups in total. The van der Waals surface area contributed by atoms with Crippen molar-refractivity contribution in [3.63, 3.8) is 0 Å². The van der Waals surface area contributed by atoms with Crippen LogP contribution in [0.25, 0.3) is 11.0 Å². The number of aromatic nitrogens is 2. The number of imidazole rings is 1. The van der Waals surface area contributed by atoms with Gasteiger partial charge in [0.05, 0.1) is 17.4 Å². The molecule has 3 aromatic rings. The molecule has 5 heteroatoms. The van der Waals surface area contributed by atoms with Gasteiger partial charge in [-0.25, -0.2) is 9.78 Å². The minimum Gasteiger partial charge on any atom is -0.330 e. The zero-order valence-electron chi connectivity index (χ0n) is 16.9. The van der Waals surface area contributed by atoms with Gasteiger partial charge in [-0.1, -0.05) is 12.1 Å². The number of urea groups is 1. The molecule has 1 fully saturated rings. The fourth-order valence-electron chi connectivity index (χ4n) is 3.98. The second-order valence-corrected chi connectivity index (χ2v) is 8.05. The van der Waals surface area contributed by atoms with Gasteiger partial charge in [0, 0.05) is 25.3 Å². The Hall–Kier alpha value is -2.82. The molecule has 2 amide bonds. The Labute approximate surface area is 166 Å². The lowest BCUT2D eigenvalue weighted by molar-refractivity contribution is 0.177. The highest BCUT2D eigenvalue weighted by Crippen LogP contribution is 2.24. The third-order valence-corrected chi connectivity index (χ3v) is 5.86. The molecule has 146 valence electrons. The number of anilines is 1. The van der Waals surface area contributed by atoms with Gasteiger partial charge >= 0.3 is 6.03 Å². The van der Waals surface area contributed by atoms with Crippen LogP contribution in [0.5, 0.6) is 0 Å². The van der Waals surface area contributed by atoms with Gasteiger partial charge in [-0.15, -0.1) is 0 Å². The third-order valence-electron chi connectivity index (χ3n) is 5.86. The summed E-state index contributed by atoms with van der Waals surface area (Å²) < 4.78 is 2.27. The van der Waals surface area contributed by atoms with Crippen LogP contribution >= 0.6 is 0 Å². The molecule has 0 saturated carbocycles. The third kappa shape index (κ3) is 3.88. The van der Waals surface area contributed by atoms with E-state index in [1.165, 1.54) is 16.6 Å². The van der Waals surface area contributed by atoms with Crippen molar-refractivity contribution in [3.05, 3.63) is 59.4 Å². The van der Waals surface area contributed by atoms with E-state index >= 15 is 0 Å². The topological polar surface area (TPSA) is 50.2 Å². The van der Waals surface area contributed by atoms with Gasteiger partial charge in [0.15, 0.2) is 0 Å². The number of fused-ring (bicyclic) bond motifs is 1. The summed E-state index contributed by atoms with van der Waals surface area (Å²) in [6, 6.07) is 12.3. The summed E-state index contributed by atoms with van der Waals surface area (Å²) >= 11 is 0. The quantitative estimate of drug-likeness (QED) is 0.706. The molecule has 0 bridgehead atoms. The van der Waals surface area contributed by atoms with Crippen LogP contribution in [0.4, 0.5) is 10.5 Å². The second kappa shape index (κ2) is 7.66. The molecule has 4 rings (SSSR count). The number of nitrogens with one attached hydrogen (secondary N) is 1. The lowest BCUT2D eigenvalue weighted by Gasteiger charge is -2.32. The highest BCUT2D eigenvalue weighted by Gasteiger charge is 2.23. The molecule has 1 aliphatic heterocycles. The smallest absolute Gasteiger partial charge is 0.321 e. The number of carbonyl (C=O) groups is 1. The highest BCUT2D eigenvalue weighted by atomic mass is 16.2. The Morgan fingerprint density at radius 2 is 1.86 bits per heavy atom. The predicted octanol–water partition coefficient (Wildman–Crippen LogP) is 4.91. The molecular weight excluding hydrogens is 348 g/mol. The molecule has 0 aliphatic carbocycles. The monoisotopic (exact) mass is 376 g/mol. The summed E-state index contributed by atoms with van der Waals surface area (Å²) in [5, 5.41) is 3.02. The summed E-state index contributed by atoms with van der Waals surface area (Å²) in [6.45, 7) is 8.87. The van der Waals surface area contributed by atoms with Gasteiger partial charge in [-0.05, 0) is 80.5 Å². The van der Waals surface area contributed by atoms with Gasteiger partial charge in [-0.2, -0.15) is 0 Å². The van der Waals surface area contributed by atoms with E-state index in [1.807, 2.05) is 42.4 Å². The van der Waals surface area contributed by atoms with Crippen molar-refractivity contribution < 1.29 is 4.79 Å². The van der Waals surface area contributed by atoms with E-state index in [2.05, 4.69) is 40.8 Å². The molecule has 1 aromatic heterocycles. The average Bonchev–Trinajstić information content (AvgIpc) is 3.04. The minimum atomic E-state index is 0.00299. The minimum absolute atomic E-state index is 0.00299. The number of amides is 2. The van der Waals surface area contributed by atoms with Gasteiger partial charge in [0.25, 0.3) is 0 Å². The van der Waals surface area contributed by atoms with Crippen molar-refractivity contribution in [2.45, 2.75) is 40.2 Å². The first-order valence-electron chi connectivity index (χ1n) is 10.0. The van der Waals surface area contributed by atoms with Crippen LogP contribution in [0.2, 0.25) is 0 Å². The van der Waals surface area contributed by atoms with E-state index < -0.39 is 0 Å². The number of rotatable bonds is 3. The molecule has 0 spiro atoms. The highest BCUT2D eigenvalue weighted by molar-refractivity contribution is 5.89. The zero-order chi connectivity index (χ0) is 19.7. The number of hydrogen-bond donors (Lipinski definition) is 1. The fourth-order valence-corrected chi connectivity index (χ4v) is 3.98. The molecular formula is C23H28N4O. The number of nitrogens with zero attached hydrogens (tertiary/aromatic N) is 3. The molecule has 0 unspecified atom stereocenters. The molecule has 5 nitrogen and oxygen atoms in total. The maximum Gasteiger partial charge on any atom is 0.321 e. The van der Waals surface area contributed by atoms with E-state index in [0.717, 1.165) is 49.2 Å². The standard InChI is InChI=1S/C23H28N4O/c1-16-5-4-6-20(11-16)25-23(28)26-9-7-19(8-10-26)14-27-15-24-21-12-17(2)18(3)13-22(21)27/h4-6,11-13,15,19H,7-10,14H2,1-3H3,(H,25,28). The Morgan fingerprint density at radius 1 is 1.11 bits per heavy atom. The number of piperidine rings is 1. The Bertz CT molecular complexity index is 999. The largest absolute Gasteiger partial charge is 0.330 e. The number of benzene rings is 2. The fraction of sp³-hybridized carbons (Fsp3) is 0.391. The Kier molecular flexibility index (Phi) is 5.07. The van der Waals surface area contributed by atoms with Crippen LogP contribution in [0, 0.1) is 26.7 Å². The number of hydrogen-bond acceptors (Lipinski definition) is 2. The van der Waals surface area contributed by atoms with Gasteiger partial charge in [-0.3, -0.25) is 0 Å². The summed E-state index contributed by atoms with van der Waals surface area (Å²) in [6.07, 6.45) is 4.00. The lowest BCUT2D eigenvalue weighted by atomic mass is 9.97. The summed E-state index contributed by atoms with van der Waals surface area (Å²) in [5.41, 5.74) is 6.88. The molecule has 2 heterocycles. The van der Waals surface area contributed by atoms with E-state index in [-0.39, 0.29) is 6.03 Å². The summed E-state index contributed by atoms with van der Waals surface area (Å²) in [5.74, 6) is 0.571. The number of likely N-dealkylation sites (tertiary alicyclic amines) is 1. The van der Waals surface area contributed by atoms with Gasteiger partial charge in [0.2, 0.25) is 0 Å². The predicted molar refractivity (Wildman–Crippen MR) is 114 cm³/mol. The van der Waals surface area contributed by atoms with Crippen molar-refractivity contribution in [3.8, 4) is 0 Å². The van der Waals surface area contributed by atoms with Crippen LogP contribution in [0.1, 0.15) is 29.5 Å². The van der Waals surface area contributed by atoms with Crippen LogP contribution < -0.4 is 5.32 Å². The molecule has 0 radical (unpaired) electrons. The van der Waals surface area contributed by atoms with Gasteiger partial charge < -0.3 is 14.8 Å². The SMILES string of the molecule is Cc1cccc(NC(=O)N2CCC(Cn3cnc4cc(C)c(C)cc43)CC2)c1. The van der Waals surface area contributed by atoms with Crippen molar-refractivity contribution in [2.24, 2.45) is 5.92 Å².